The molecule has 0 spiro atoms. The van der Waals surface area contributed by atoms with Crippen LogP contribution in [-0.2, 0) is 17.6 Å². The molecule has 6 nitrogen and oxygen atoms in total. The fraction of sp³-hybridized carbons (Fsp3) is 0.348. The van der Waals surface area contributed by atoms with Crippen LogP contribution in [0.15, 0.2) is 24.3 Å². The average Bonchev–Trinajstić information content (AvgIpc) is 3.43. The first-order valence-electron chi connectivity index (χ1n) is 10.2. The van der Waals surface area contributed by atoms with Crippen LogP contribution in [0.25, 0.3) is 10.4 Å². The van der Waals surface area contributed by atoms with Gasteiger partial charge in [-0.05, 0) is 57.0 Å². The van der Waals surface area contributed by atoms with Gasteiger partial charge >= 0.3 is 0 Å². The summed E-state index contributed by atoms with van der Waals surface area (Å²) in [6, 6.07) is 6.47. The number of aromatic amines is 1. The molecule has 0 saturated carbocycles. The van der Waals surface area contributed by atoms with E-state index in [2.05, 4.69) is 15.5 Å². The number of halogens is 1. The van der Waals surface area contributed by atoms with Gasteiger partial charge in [0.15, 0.2) is 5.78 Å². The number of aryl methyl sites for hydroxylation is 2. The molecule has 1 aromatic carbocycles. The predicted molar refractivity (Wildman–Crippen MR) is 117 cm³/mol. The van der Waals surface area contributed by atoms with Gasteiger partial charge in [-0.1, -0.05) is 0 Å². The second-order valence-corrected chi connectivity index (χ2v) is 8.91. The first kappa shape index (κ1) is 21.2. The van der Waals surface area contributed by atoms with E-state index in [1.807, 2.05) is 19.9 Å². The number of carbonyl (C=O) groups is 2. The fourth-order valence-electron chi connectivity index (χ4n) is 3.86. The first-order chi connectivity index (χ1) is 14.8. The van der Waals surface area contributed by atoms with E-state index in [0.717, 1.165) is 27.4 Å². The van der Waals surface area contributed by atoms with E-state index in [4.69, 9.17) is 4.74 Å². The topological polar surface area (TPSA) is 84.1 Å². The number of ether oxygens (including phenoxy) is 1. The van der Waals surface area contributed by atoms with Crippen molar-refractivity contribution in [1.29, 1.82) is 0 Å². The lowest BCUT2D eigenvalue weighted by molar-refractivity contribution is -0.121. The van der Waals surface area contributed by atoms with Crippen molar-refractivity contribution in [2.24, 2.45) is 0 Å². The molecule has 2 N–H and O–H groups in total. The van der Waals surface area contributed by atoms with Gasteiger partial charge in [-0.15, -0.1) is 11.3 Å². The lowest BCUT2D eigenvalue weighted by Crippen LogP contribution is -2.34. The molecule has 0 bridgehead atoms. The molecule has 31 heavy (non-hydrogen) atoms. The molecule has 1 aliphatic rings. The van der Waals surface area contributed by atoms with Crippen molar-refractivity contribution >= 4 is 23.0 Å². The van der Waals surface area contributed by atoms with Crippen LogP contribution >= 0.6 is 11.3 Å². The lowest BCUT2D eigenvalue weighted by Gasteiger charge is -2.13. The van der Waals surface area contributed by atoms with Crippen molar-refractivity contribution in [3.63, 3.8) is 0 Å². The maximum Gasteiger partial charge on any atom is 0.220 e. The van der Waals surface area contributed by atoms with Crippen LogP contribution in [0.3, 0.4) is 0 Å². The van der Waals surface area contributed by atoms with Crippen molar-refractivity contribution < 1.29 is 18.7 Å². The lowest BCUT2D eigenvalue weighted by atomic mass is 10.0. The Morgan fingerprint density at radius 3 is 2.81 bits per heavy atom. The van der Waals surface area contributed by atoms with Crippen LogP contribution in [0.4, 0.5) is 4.39 Å². The van der Waals surface area contributed by atoms with Crippen molar-refractivity contribution in [2.75, 3.05) is 6.54 Å². The van der Waals surface area contributed by atoms with Crippen LogP contribution in [0.5, 0.6) is 5.75 Å². The van der Waals surface area contributed by atoms with Crippen molar-refractivity contribution in [3.05, 3.63) is 57.5 Å². The summed E-state index contributed by atoms with van der Waals surface area (Å²) in [5.74, 6) is 0.204. The standard InChI is InChI=1S/C23H24FN3O3S/c1-12-18(13(2)27-26-12)4-7-22(29)25-11-17-9-15-8-16(24)10-19(23(15)30-17)21-6-5-20(31-21)14(3)28/h5-6,8,10,17H,4,7,9,11H2,1-3H3,(H,25,29)(H,26,27)/t17-/m1/s1. The molecule has 0 fully saturated rings. The van der Waals surface area contributed by atoms with Gasteiger partial charge in [-0.3, -0.25) is 14.7 Å². The SMILES string of the molecule is CC(=O)c1ccc(-c2cc(F)cc3c2O[C@@H](CNC(=O)CCc2c(C)n[nH]c2C)C3)s1. The zero-order valence-corrected chi connectivity index (χ0v) is 18.5. The van der Waals surface area contributed by atoms with Crippen molar-refractivity contribution in [3.8, 4) is 16.2 Å². The van der Waals surface area contributed by atoms with Crippen LogP contribution in [-0.4, -0.2) is 34.5 Å². The Labute approximate surface area is 183 Å². The van der Waals surface area contributed by atoms with E-state index in [1.54, 1.807) is 6.07 Å². The number of rotatable bonds is 7. The monoisotopic (exact) mass is 441 g/mol. The van der Waals surface area contributed by atoms with Crippen molar-refractivity contribution in [2.45, 2.75) is 46.1 Å². The summed E-state index contributed by atoms with van der Waals surface area (Å²) in [7, 11) is 0. The van der Waals surface area contributed by atoms with Crippen molar-refractivity contribution in [1.82, 2.24) is 15.5 Å². The highest BCUT2D eigenvalue weighted by molar-refractivity contribution is 7.17. The fourth-order valence-corrected chi connectivity index (χ4v) is 4.77. The number of thiophene rings is 1. The van der Waals surface area contributed by atoms with E-state index >= 15 is 0 Å². The highest BCUT2D eigenvalue weighted by Crippen LogP contribution is 2.42. The Balaban J connectivity index is 1.39. The zero-order valence-electron chi connectivity index (χ0n) is 17.7. The minimum atomic E-state index is -0.342. The smallest absolute Gasteiger partial charge is 0.220 e. The number of H-pyrrole nitrogens is 1. The molecule has 0 radical (unpaired) electrons. The maximum atomic E-state index is 14.2. The summed E-state index contributed by atoms with van der Waals surface area (Å²) in [5.41, 5.74) is 4.39. The normalized spacial score (nSPS) is 14.9. The molecule has 1 atom stereocenters. The molecule has 3 heterocycles. The van der Waals surface area contributed by atoms with Crippen LogP contribution < -0.4 is 10.1 Å². The number of fused-ring (bicyclic) bond motifs is 1. The number of nitrogens with one attached hydrogen (secondary N) is 2. The van der Waals surface area contributed by atoms with Gasteiger partial charge in [0.2, 0.25) is 5.91 Å². The molecule has 0 saturated heterocycles. The Morgan fingerprint density at radius 2 is 2.13 bits per heavy atom. The Kier molecular flexibility index (Phi) is 5.91. The molecular formula is C23H24FN3O3S. The second kappa shape index (κ2) is 8.63. The van der Waals surface area contributed by atoms with Gasteiger partial charge in [-0.2, -0.15) is 5.10 Å². The summed E-state index contributed by atoms with van der Waals surface area (Å²) in [6.45, 7) is 5.72. The molecule has 1 amide bonds. The van der Waals surface area contributed by atoms with Crippen LogP contribution in [0.2, 0.25) is 0 Å². The highest BCUT2D eigenvalue weighted by Gasteiger charge is 2.28. The molecule has 2 aromatic heterocycles. The van der Waals surface area contributed by atoms with Gasteiger partial charge in [0.1, 0.15) is 17.7 Å². The van der Waals surface area contributed by atoms with E-state index in [-0.39, 0.29) is 23.6 Å². The number of carbonyl (C=O) groups excluding carboxylic acids is 2. The van der Waals surface area contributed by atoms with Crippen LogP contribution in [0.1, 0.15) is 45.5 Å². The maximum absolute atomic E-state index is 14.2. The quantitative estimate of drug-likeness (QED) is 0.540. The number of hydrogen-bond acceptors (Lipinski definition) is 5. The van der Waals surface area contributed by atoms with Gasteiger partial charge in [0.05, 0.1) is 17.1 Å². The third-order valence-electron chi connectivity index (χ3n) is 5.49. The molecule has 3 aromatic rings. The molecule has 1 aliphatic heterocycles. The minimum absolute atomic E-state index is 0.0217. The van der Waals surface area contributed by atoms with Gasteiger partial charge in [0, 0.05) is 34.5 Å². The first-order valence-corrected chi connectivity index (χ1v) is 11.0. The zero-order chi connectivity index (χ0) is 22.1. The highest BCUT2D eigenvalue weighted by atomic mass is 32.1. The Morgan fingerprint density at radius 1 is 1.32 bits per heavy atom. The third kappa shape index (κ3) is 4.54. The third-order valence-corrected chi connectivity index (χ3v) is 6.71. The van der Waals surface area contributed by atoms with Gasteiger partial charge in [0.25, 0.3) is 0 Å². The average molecular weight is 442 g/mol. The predicted octanol–water partition coefficient (Wildman–Crippen LogP) is 4.15. The molecule has 0 unspecified atom stereocenters. The number of hydrogen-bond donors (Lipinski definition) is 2. The Hall–Kier alpha value is -3.00. The summed E-state index contributed by atoms with van der Waals surface area (Å²) in [4.78, 5) is 25.3. The summed E-state index contributed by atoms with van der Waals surface area (Å²) >= 11 is 1.32. The van der Waals surface area contributed by atoms with E-state index in [9.17, 15) is 14.0 Å². The number of amides is 1. The molecule has 8 heteroatoms. The largest absolute Gasteiger partial charge is 0.487 e. The van der Waals surface area contributed by atoms with Gasteiger partial charge in [-0.25, -0.2) is 4.39 Å². The van der Waals surface area contributed by atoms with Gasteiger partial charge < -0.3 is 10.1 Å². The van der Waals surface area contributed by atoms with E-state index in [1.165, 1.54) is 30.4 Å². The number of Topliss-reactive ketones (excluding diaryl/α,β-unsaturated/α-hetero) is 1. The summed E-state index contributed by atoms with van der Waals surface area (Å²) < 4.78 is 20.3. The molecule has 162 valence electrons. The molecular weight excluding hydrogens is 417 g/mol. The summed E-state index contributed by atoms with van der Waals surface area (Å²) in [6.07, 6.45) is 1.25. The second-order valence-electron chi connectivity index (χ2n) is 7.82. The van der Waals surface area contributed by atoms with E-state index in [0.29, 0.717) is 42.0 Å². The number of ketones is 1. The molecule has 4 rings (SSSR count). The Bertz CT molecular complexity index is 1130. The number of nitrogens with zero attached hydrogens (tertiary/aromatic N) is 1. The molecule has 0 aliphatic carbocycles. The summed E-state index contributed by atoms with van der Waals surface area (Å²) in [5, 5.41) is 10.0. The number of aromatic nitrogens is 2. The van der Waals surface area contributed by atoms with Crippen LogP contribution in [0, 0.1) is 19.7 Å². The number of benzene rings is 1. The minimum Gasteiger partial charge on any atom is -0.487 e. The van der Waals surface area contributed by atoms with E-state index < -0.39 is 0 Å².